The number of nitrogens with one attached hydrogen (secondary N) is 2. The lowest BCUT2D eigenvalue weighted by Gasteiger charge is -2.20. The maximum Gasteiger partial charge on any atom is 0.262 e. The molecule has 0 aliphatic rings. The molecule has 0 saturated carbocycles. The third kappa shape index (κ3) is 6.24. The molecule has 0 aliphatic heterocycles. The number of carbonyl (C=O) groups is 2. The zero-order chi connectivity index (χ0) is 19.2. The van der Waals surface area contributed by atoms with Gasteiger partial charge in [0.2, 0.25) is 0 Å². The molecule has 0 fully saturated rings. The summed E-state index contributed by atoms with van der Waals surface area (Å²) in [4.78, 5) is 24.1. The molecule has 0 heterocycles. The summed E-state index contributed by atoms with van der Waals surface area (Å²) >= 11 is 0. The number of hydrogen-bond acceptors (Lipinski definition) is 3. The van der Waals surface area contributed by atoms with E-state index in [1.807, 2.05) is 45.0 Å². The Hall–Kier alpha value is -2.82. The first kappa shape index (κ1) is 19.5. The van der Waals surface area contributed by atoms with E-state index in [1.165, 1.54) is 5.56 Å². The van der Waals surface area contributed by atoms with Crippen LogP contribution in [0.5, 0.6) is 5.75 Å². The van der Waals surface area contributed by atoms with Crippen LogP contribution in [0.1, 0.15) is 43.6 Å². The van der Waals surface area contributed by atoms with Crippen LogP contribution in [0.3, 0.4) is 0 Å². The topological polar surface area (TPSA) is 67.4 Å². The average Bonchev–Trinajstić information content (AvgIpc) is 2.59. The summed E-state index contributed by atoms with van der Waals surface area (Å²) in [6.07, 6.45) is 0.963. The highest BCUT2D eigenvalue weighted by molar-refractivity contribution is 5.96. The van der Waals surface area contributed by atoms with E-state index < -0.39 is 0 Å². The van der Waals surface area contributed by atoms with E-state index in [4.69, 9.17) is 4.74 Å². The lowest BCUT2D eigenvalue weighted by Crippen LogP contribution is -2.40. The molecule has 138 valence electrons. The van der Waals surface area contributed by atoms with Gasteiger partial charge in [0, 0.05) is 16.8 Å². The molecule has 0 bridgehead atoms. The van der Waals surface area contributed by atoms with Gasteiger partial charge in [-0.1, -0.05) is 19.1 Å². The summed E-state index contributed by atoms with van der Waals surface area (Å²) in [6, 6.07) is 14.4. The molecular formula is C21H26N2O3. The van der Waals surface area contributed by atoms with Crippen molar-refractivity contribution in [2.75, 3.05) is 11.9 Å². The lowest BCUT2D eigenvalue weighted by molar-refractivity contribution is -0.118. The fourth-order valence-electron chi connectivity index (χ4n) is 2.29. The molecule has 0 atom stereocenters. The third-order valence-electron chi connectivity index (χ3n) is 3.62. The Bertz CT molecular complexity index is 744. The van der Waals surface area contributed by atoms with Crippen LogP contribution in [0.2, 0.25) is 0 Å². The quantitative estimate of drug-likeness (QED) is 0.829. The van der Waals surface area contributed by atoms with E-state index in [1.54, 1.807) is 24.3 Å². The predicted molar refractivity (Wildman–Crippen MR) is 104 cm³/mol. The fourth-order valence-corrected chi connectivity index (χ4v) is 2.29. The first-order chi connectivity index (χ1) is 12.3. The van der Waals surface area contributed by atoms with Crippen molar-refractivity contribution in [3.8, 4) is 5.75 Å². The maximum absolute atomic E-state index is 12.1. The van der Waals surface area contributed by atoms with Crippen LogP contribution in [-0.4, -0.2) is 24.0 Å². The van der Waals surface area contributed by atoms with Crippen LogP contribution in [0, 0.1) is 0 Å². The molecule has 5 heteroatoms. The second-order valence-electron chi connectivity index (χ2n) is 7.12. The Morgan fingerprint density at radius 1 is 0.962 bits per heavy atom. The van der Waals surface area contributed by atoms with Crippen LogP contribution in [0.25, 0.3) is 0 Å². The van der Waals surface area contributed by atoms with Gasteiger partial charge in [-0.25, -0.2) is 0 Å². The van der Waals surface area contributed by atoms with Gasteiger partial charge in [0.05, 0.1) is 0 Å². The highest BCUT2D eigenvalue weighted by atomic mass is 16.5. The minimum Gasteiger partial charge on any atom is -0.484 e. The third-order valence-corrected chi connectivity index (χ3v) is 3.62. The minimum atomic E-state index is -0.295. The second kappa shape index (κ2) is 8.52. The van der Waals surface area contributed by atoms with E-state index >= 15 is 0 Å². The van der Waals surface area contributed by atoms with Gasteiger partial charge < -0.3 is 15.4 Å². The Labute approximate surface area is 154 Å². The number of anilines is 1. The van der Waals surface area contributed by atoms with Gasteiger partial charge in [0.25, 0.3) is 11.8 Å². The van der Waals surface area contributed by atoms with Crippen molar-refractivity contribution in [2.24, 2.45) is 0 Å². The average molecular weight is 354 g/mol. The molecule has 26 heavy (non-hydrogen) atoms. The summed E-state index contributed by atoms with van der Waals surface area (Å²) in [7, 11) is 0. The largest absolute Gasteiger partial charge is 0.484 e. The van der Waals surface area contributed by atoms with Crippen LogP contribution >= 0.6 is 0 Å². The zero-order valence-corrected chi connectivity index (χ0v) is 15.8. The normalized spacial score (nSPS) is 10.9. The van der Waals surface area contributed by atoms with Crippen LogP contribution < -0.4 is 15.4 Å². The molecule has 0 spiro atoms. The highest BCUT2D eigenvalue weighted by Crippen LogP contribution is 2.14. The summed E-state index contributed by atoms with van der Waals surface area (Å²) < 4.78 is 5.48. The van der Waals surface area contributed by atoms with Crippen LogP contribution in [0.15, 0.2) is 48.5 Å². The van der Waals surface area contributed by atoms with E-state index in [9.17, 15) is 9.59 Å². The van der Waals surface area contributed by atoms with Gasteiger partial charge in [0.15, 0.2) is 6.61 Å². The number of rotatable bonds is 6. The molecule has 2 aromatic carbocycles. The molecule has 2 N–H and O–H groups in total. The van der Waals surface area contributed by atoms with Crippen molar-refractivity contribution < 1.29 is 14.3 Å². The molecule has 0 radical (unpaired) electrons. The number of carbonyl (C=O) groups excluding carboxylic acids is 2. The Kier molecular flexibility index (Phi) is 6.39. The van der Waals surface area contributed by atoms with E-state index in [0.717, 1.165) is 6.42 Å². The first-order valence-electron chi connectivity index (χ1n) is 8.71. The van der Waals surface area contributed by atoms with Gasteiger partial charge in [0.1, 0.15) is 5.75 Å². The Balaban J connectivity index is 1.85. The van der Waals surface area contributed by atoms with Crippen LogP contribution in [-0.2, 0) is 11.2 Å². The standard InChI is InChI=1S/C21H26N2O3/c1-5-15-6-12-18(13-7-15)26-14-19(24)22-17-10-8-16(9-11-17)20(25)23-21(2,3)4/h6-13H,5,14H2,1-4H3,(H,22,24)(H,23,25). The molecule has 5 nitrogen and oxygen atoms in total. The molecule has 0 unspecified atom stereocenters. The van der Waals surface area contributed by atoms with Crippen LogP contribution in [0.4, 0.5) is 5.69 Å². The number of benzene rings is 2. The number of hydrogen-bond donors (Lipinski definition) is 2. The maximum atomic E-state index is 12.1. The molecule has 0 aromatic heterocycles. The van der Waals surface area contributed by atoms with Gasteiger partial charge >= 0.3 is 0 Å². The van der Waals surface area contributed by atoms with Crippen molar-refractivity contribution in [3.05, 3.63) is 59.7 Å². The highest BCUT2D eigenvalue weighted by Gasteiger charge is 2.15. The van der Waals surface area contributed by atoms with E-state index in [-0.39, 0.29) is 24.0 Å². The van der Waals surface area contributed by atoms with Gasteiger partial charge in [-0.15, -0.1) is 0 Å². The van der Waals surface area contributed by atoms with Crippen molar-refractivity contribution in [3.63, 3.8) is 0 Å². The van der Waals surface area contributed by atoms with E-state index in [2.05, 4.69) is 17.6 Å². The Morgan fingerprint density at radius 3 is 2.12 bits per heavy atom. The molecule has 2 amide bonds. The van der Waals surface area contributed by atoms with Gasteiger partial charge in [-0.2, -0.15) is 0 Å². The zero-order valence-electron chi connectivity index (χ0n) is 15.8. The summed E-state index contributed by atoms with van der Waals surface area (Å²) in [5.41, 5.74) is 2.09. The van der Waals surface area contributed by atoms with Gasteiger partial charge in [-0.05, 0) is 69.2 Å². The SMILES string of the molecule is CCc1ccc(OCC(=O)Nc2ccc(C(=O)NC(C)(C)C)cc2)cc1. The Morgan fingerprint density at radius 2 is 1.58 bits per heavy atom. The first-order valence-corrected chi connectivity index (χ1v) is 8.71. The van der Waals surface area contributed by atoms with E-state index in [0.29, 0.717) is 17.0 Å². The molecule has 2 aromatic rings. The summed E-state index contributed by atoms with van der Waals surface area (Å²) in [5.74, 6) is 0.261. The minimum absolute atomic E-state index is 0.0717. The number of amides is 2. The number of aryl methyl sites for hydroxylation is 1. The number of ether oxygens (including phenoxy) is 1. The van der Waals surface area contributed by atoms with Crippen molar-refractivity contribution in [1.29, 1.82) is 0 Å². The van der Waals surface area contributed by atoms with Gasteiger partial charge in [-0.3, -0.25) is 9.59 Å². The smallest absolute Gasteiger partial charge is 0.262 e. The summed E-state index contributed by atoms with van der Waals surface area (Å²) in [6.45, 7) is 7.79. The predicted octanol–water partition coefficient (Wildman–Crippen LogP) is 3.79. The molecule has 0 aliphatic carbocycles. The van der Waals surface area contributed by atoms with Crippen molar-refractivity contribution in [1.82, 2.24) is 5.32 Å². The van der Waals surface area contributed by atoms with Crippen molar-refractivity contribution in [2.45, 2.75) is 39.7 Å². The summed E-state index contributed by atoms with van der Waals surface area (Å²) in [5, 5.41) is 5.65. The second-order valence-corrected chi connectivity index (χ2v) is 7.12. The molecular weight excluding hydrogens is 328 g/mol. The fraction of sp³-hybridized carbons (Fsp3) is 0.333. The molecule has 0 saturated heterocycles. The molecule has 2 rings (SSSR count). The van der Waals surface area contributed by atoms with Crippen molar-refractivity contribution >= 4 is 17.5 Å². The monoisotopic (exact) mass is 354 g/mol. The lowest BCUT2D eigenvalue weighted by atomic mass is 10.1.